The number of ether oxygens (including phenoxy) is 2. The van der Waals surface area contributed by atoms with Gasteiger partial charge in [0.2, 0.25) is 5.89 Å². The van der Waals surface area contributed by atoms with Gasteiger partial charge in [0, 0.05) is 32.9 Å². The fourth-order valence-corrected chi connectivity index (χ4v) is 2.31. The molecule has 24 heavy (non-hydrogen) atoms. The molecule has 0 N–H and O–H groups in total. The number of oxazole rings is 1. The maximum atomic E-state index is 12.6. The first kappa shape index (κ1) is 18.7. The zero-order valence-electron chi connectivity index (χ0n) is 13.4. The van der Waals surface area contributed by atoms with Crippen LogP contribution in [0.25, 0.3) is 11.5 Å². The summed E-state index contributed by atoms with van der Waals surface area (Å²) >= 11 is 11.9. The van der Waals surface area contributed by atoms with Crippen molar-refractivity contribution in [1.29, 1.82) is 0 Å². The third-order valence-electron chi connectivity index (χ3n) is 3.31. The van der Waals surface area contributed by atoms with Crippen LogP contribution in [0.3, 0.4) is 0 Å². The number of amides is 1. The number of carbonyl (C=O) groups is 1. The molecule has 0 atom stereocenters. The first-order valence-corrected chi connectivity index (χ1v) is 8.00. The average molecular weight is 373 g/mol. The maximum Gasteiger partial charge on any atom is 0.275 e. The molecule has 0 aliphatic carbocycles. The van der Waals surface area contributed by atoms with E-state index in [-0.39, 0.29) is 11.6 Å². The Kier molecular flexibility index (Phi) is 7.05. The number of carbonyl (C=O) groups excluding carboxylic acids is 1. The fraction of sp³-hybridized carbons (Fsp3) is 0.375. The molecule has 0 aliphatic heterocycles. The van der Waals surface area contributed by atoms with Crippen LogP contribution in [0.4, 0.5) is 0 Å². The van der Waals surface area contributed by atoms with Crippen molar-refractivity contribution in [3.8, 4) is 11.5 Å². The Morgan fingerprint density at radius 3 is 2.42 bits per heavy atom. The number of aromatic nitrogens is 1. The molecule has 1 aromatic carbocycles. The summed E-state index contributed by atoms with van der Waals surface area (Å²) in [5.74, 6) is 0.0505. The second-order valence-corrected chi connectivity index (χ2v) is 5.76. The summed E-state index contributed by atoms with van der Waals surface area (Å²) in [6.07, 6.45) is 1.33. The largest absolute Gasteiger partial charge is 0.444 e. The number of methoxy groups -OCH3 is 2. The molecule has 0 bridgehead atoms. The lowest BCUT2D eigenvalue weighted by molar-refractivity contribution is 0.0622. The first-order chi connectivity index (χ1) is 11.6. The Morgan fingerprint density at radius 1 is 1.17 bits per heavy atom. The molecule has 0 radical (unpaired) electrons. The fourth-order valence-electron chi connectivity index (χ4n) is 2.01. The Bertz CT molecular complexity index is 682. The quantitative estimate of drug-likeness (QED) is 0.710. The minimum atomic E-state index is -0.251. The van der Waals surface area contributed by atoms with E-state index in [1.54, 1.807) is 37.3 Å². The molecule has 2 aromatic rings. The Labute approximate surface area is 150 Å². The zero-order valence-corrected chi connectivity index (χ0v) is 14.9. The lowest BCUT2D eigenvalue weighted by Crippen LogP contribution is -2.36. The molecule has 6 nitrogen and oxygen atoms in total. The average Bonchev–Trinajstić information content (AvgIpc) is 3.07. The zero-order chi connectivity index (χ0) is 17.5. The molecule has 0 saturated carbocycles. The topological polar surface area (TPSA) is 64.8 Å². The molecule has 8 heteroatoms. The molecule has 1 aromatic heterocycles. The highest BCUT2D eigenvalue weighted by atomic mass is 35.5. The summed E-state index contributed by atoms with van der Waals surface area (Å²) in [7, 11) is 3.16. The minimum absolute atomic E-state index is 0.211. The van der Waals surface area contributed by atoms with Crippen LogP contribution in [0.2, 0.25) is 10.0 Å². The summed E-state index contributed by atoms with van der Waals surface area (Å²) in [5, 5.41) is 0.829. The summed E-state index contributed by atoms with van der Waals surface area (Å²) in [6.45, 7) is 1.72. The van der Waals surface area contributed by atoms with Crippen molar-refractivity contribution >= 4 is 29.1 Å². The van der Waals surface area contributed by atoms with Crippen LogP contribution in [-0.2, 0) is 9.47 Å². The highest BCUT2D eigenvalue weighted by Gasteiger charge is 2.20. The number of halogens is 2. The number of benzene rings is 1. The van der Waals surface area contributed by atoms with E-state index >= 15 is 0 Å². The number of hydrogen-bond donors (Lipinski definition) is 0. The van der Waals surface area contributed by atoms with Crippen LogP contribution >= 0.6 is 23.2 Å². The van der Waals surface area contributed by atoms with Gasteiger partial charge in [0.05, 0.1) is 23.3 Å². The van der Waals surface area contributed by atoms with E-state index in [2.05, 4.69) is 4.98 Å². The molecular weight excluding hydrogens is 355 g/mol. The van der Waals surface area contributed by atoms with Crippen molar-refractivity contribution in [2.45, 2.75) is 0 Å². The van der Waals surface area contributed by atoms with Gasteiger partial charge in [-0.1, -0.05) is 23.2 Å². The van der Waals surface area contributed by atoms with Crippen LogP contribution in [0, 0.1) is 0 Å². The van der Waals surface area contributed by atoms with Gasteiger partial charge in [0.15, 0.2) is 5.69 Å². The smallest absolute Gasteiger partial charge is 0.275 e. The highest BCUT2D eigenvalue weighted by molar-refractivity contribution is 6.42. The molecule has 130 valence electrons. The monoisotopic (exact) mass is 372 g/mol. The lowest BCUT2D eigenvalue weighted by Gasteiger charge is -2.20. The molecule has 1 heterocycles. The third-order valence-corrected chi connectivity index (χ3v) is 4.05. The van der Waals surface area contributed by atoms with Crippen LogP contribution < -0.4 is 0 Å². The molecule has 0 fully saturated rings. The molecule has 0 spiro atoms. The van der Waals surface area contributed by atoms with E-state index in [1.807, 2.05) is 0 Å². The number of nitrogens with zero attached hydrogens (tertiary/aromatic N) is 2. The predicted octanol–water partition coefficient (Wildman–Crippen LogP) is 3.38. The predicted molar refractivity (Wildman–Crippen MR) is 91.6 cm³/mol. The third kappa shape index (κ3) is 4.70. The van der Waals surface area contributed by atoms with Gasteiger partial charge >= 0.3 is 0 Å². The van der Waals surface area contributed by atoms with E-state index in [1.165, 1.54) is 6.26 Å². The van der Waals surface area contributed by atoms with Crippen molar-refractivity contribution in [2.24, 2.45) is 0 Å². The van der Waals surface area contributed by atoms with Gasteiger partial charge in [-0.2, -0.15) is 0 Å². The van der Waals surface area contributed by atoms with Crippen molar-refractivity contribution in [3.63, 3.8) is 0 Å². The molecular formula is C16H18Cl2N2O4. The lowest BCUT2D eigenvalue weighted by atomic mass is 10.2. The number of hydrogen-bond acceptors (Lipinski definition) is 5. The summed E-state index contributed by atoms with van der Waals surface area (Å²) in [6, 6.07) is 5.01. The van der Waals surface area contributed by atoms with Crippen molar-refractivity contribution in [1.82, 2.24) is 9.88 Å². The molecule has 1 amide bonds. The highest BCUT2D eigenvalue weighted by Crippen LogP contribution is 2.28. The van der Waals surface area contributed by atoms with Gasteiger partial charge < -0.3 is 18.8 Å². The normalized spacial score (nSPS) is 10.8. The molecule has 2 rings (SSSR count). The first-order valence-electron chi connectivity index (χ1n) is 7.25. The van der Waals surface area contributed by atoms with E-state index < -0.39 is 0 Å². The maximum absolute atomic E-state index is 12.6. The Balaban J connectivity index is 2.17. The van der Waals surface area contributed by atoms with Gasteiger partial charge in [-0.15, -0.1) is 0 Å². The van der Waals surface area contributed by atoms with Gasteiger partial charge in [0.25, 0.3) is 5.91 Å². The molecule has 0 unspecified atom stereocenters. The van der Waals surface area contributed by atoms with Crippen molar-refractivity contribution in [2.75, 3.05) is 40.5 Å². The van der Waals surface area contributed by atoms with Crippen LogP contribution in [-0.4, -0.2) is 56.3 Å². The van der Waals surface area contributed by atoms with Crippen LogP contribution in [0.15, 0.2) is 28.9 Å². The SMILES string of the molecule is COCCN(CCOC)C(=O)c1coc(-c2ccc(Cl)c(Cl)c2)n1. The molecule has 0 aliphatic rings. The van der Waals surface area contributed by atoms with E-state index in [0.717, 1.165) is 0 Å². The van der Waals surface area contributed by atoms with Crippen molar-refractivity contribution in [3.05, 3.63) is 40.2 Å². The molecule has 0 saturated heterocycles. The van der Waals surface area contributed by atoms with E-state index in [9.17, 15) is 4.79 Å². The van der Waals surface area contributed by atoms with Crippen LogP contribution in [0.5, 0.6) is 0 Å². The Morgan fingerprint density at radius 2 is 1.83 bits per heavy atom. The standard InChI is InChI=1S/C16H18Cl2N2O4/c1-22-7-5-20(6-8-23-2)16(21)14-10-24-15(19-14)11-3-4-12(17)13(18)9-11/h3-4,9-10H,5-8H2,1-2H3. The second kappa shape index (κ2) is 9.03. The van der Waals surface area contributed by atoms with Gasteiger partial charge in [0.1, 0.15) is 6.26 Å². The summed E-state index contributed by atoms with van der Waals surface area (Å²) in [4.78, 5) is 18.4. The van der Waals surface area contributed by atoms with E-state index in [4.69, 9.17) is 37.1 Å². The number of rotatable bonds is 8. The van der Waals surface area contributed by atoms with Gasteiger partial charge in [-0.05, 0) is 18.2 Å². The van der Waals surface area contributed by atoms with Gasteiger partial charge in [-0.25, -0.2) is 4.98 Å². The van der Waals surface area contributed by atoms with Gasteiger partial charge in [-0.3, -0.25) is 4.79 Å². The summed E-state index contributed by atoms with van der Waals surface area (Å²) < 4.78 is 15.5. The van der Waals surface area contributed by atoms with E-state index in [0.29, 0.717) is 47.8 Å². The Hall–Kier alpha value is -1.60. The second-order valence-electron chi connectivity index (χ2n) is 4.94. The summed E-state index contributed by atoms with van der Waals surface area (Å²) in [5.41, 5.74) is 0.854. The minimum Gasteiger partial charge on any atom is -0.444 e. The van der Waals surface area contributed by atoms with Crippen molar-refractivity contribution < 1.29 is 18.7 Å². The van der Waals surface area contributed by atoms with Crippen LogP contribution in [0.1, 0.15) is 10.5 Å².